The number of carboxylic acids is 1. The van der Waals surface area contributed by atoms with Crippen LogP contribution in [0.1, 0.15) is 37.9 Å². The van der Waals surface area contributed by atoms with E-state index in [4.69, 9.17) is 21.5 Å². The van der Waals surface area contributed by atoms with Crippen LogP contribution in [-0.4, -0.2) is 50.9 Å². The molecule has 2 atom stereocenters. The fraction of sp³-hybridized carbons (Fsp3) is 0.250. The maximum Gasteiger partial charge on any atom is 0.490 e. The van der Waals surface area contributed by atoms with E-state index in [0.717, 1.165) is 5.56 Å². The Kier molecular flexibility index (Phi) is 11.2. The molecule has 48 heavy (non-hydrogen) atoms. The number of anilines is 2. The molecule has 4 aromatic rings. The van der Waals surface area contributed by atoms with Gasteiger partial charge in [0.15, 0.2) is 0 Å². The van der Waals surface area contributed by atoms with Gasteiger partial charge in [0.2, 0.25) is 5.91 Å². The number of hydrogen-bond donors (Lipinski definition) is 3. The second-order valence-corrected chi connectivity index (χ2v) is 11.1. The number of amides is 2. The number of alkyl halides is 3. The Morgan fingerprint density at radius 2 is 1.77 bits per heavy atom. The summed E-state index contributed by atoms with van der Waals surface area (Å²) in [7, 11) is 1.27. The number of fused-ring (bicyclic) bond motifs is 4. The molecule has 2 amide bonds. The fourth-order valence-electron chi connectivity index (χ4n) is 4.86. The number of carbonyl (C=O) groups excluding carboxylic acids is 2. The lowest BCUT2D eigenvalue weighted by molar-refractivity contribution is -0.192. The summed E-state index contributed by atoms with van der Waals surface area (Å²) in [6.07, 6.45) is -0.959. The minimum absolute atomic E-state index is 0.137. The van der Waals surface area contributed by atoms with Gasteiger partial charge in [-0.1, -0.05) is 31.0 Å². The van der Waals surface area contributed by atoms with Gasteiger partial charge in [0.25, 0.3) is 5.56 Å². The van der Waals surface area contributed by atoms with Gasteiger partial charge in [0.1, 0.15) is 5.82 Å². The van der Waals surface area contributed by atoms with Crippen molar-refractivity contribution in [1.82, 2.24) is 14.5 Å². The Hall–Kier alpha value is -5.31. The SMILES string of the molecule is COC(=O)Nc1ccc2c(c1)NC(=O)[C@H](C)CCC[C@H](n1cnc(-c3cc(Cl)ccc3F)cc1=O)c1cc-2ccn1.O=C(O)C(F)(F)F. The van der Waals surface area contributed by atoms with Crippen LogP contribution in [0.3, 0.4) is 0 Å². The van der Waals surface area contributed by atoms with Crippen LogP contribution in [0.25, 0.3) is 22.4 Å². The van der Waals surface area contributed by atoms with E-state index in [1.54, 1.807) is 30.5 Å². The standard InChI is InChI=1S/C30H27ClFN5O4.C2HF3O2/c1-17-4-3-5-27(37-16-34-24(15-28(37)38)22-13-19(31)6-9-23(22)32)26-12-18(10-11-33-26)21-8-7-20(35-30(40)41-2)14-25(21)36-29(17)39;3-2(4,5)1(6)7/h6-17,27H,3-5H2,1-2H3,(H,35,40)(H,36,39);(H,6,7)/t17-,27+;/m1./s1. The van der Waals surface area contributed by atoms with Crippen LogP contribution >= 0.6 is 11.6 Å². The molecule has 0 fully saturated rings. The molecule has 11 nitrogen and oxygen atoms in total. The highest BCUT2D eigenvalue weighted by Gasteiger charge is 2.38. The van der Waals surface area contributed by atoms with Gasteiger partial charge in [-0.05, 0) is 60.9 Å². The monoisotopic (exact) mass is 689 g/mol. The Morgan fingerprint density at radius 3 is 2.44 bits per heavy atom. The number of aliphatic carboxylic acids is 1. The predicted molar refractivity (Wildman–Crippen MR) is 168 cm³/mol. The molecule has 0 aliphatic carbocycles. The third-order valence-corrected chi connectivity index (χ3v) is 7.56. The Balaban J connectivity index is 0.000000671. The van der Waals surface area contributed by atoms with E-state index >= 15 is 0 Å². The second kappa shape index (κ2) is 15.1. The van der Waals surface area contributed by atoms with Gasteiger partial charge in [-0.2, -0.15) is 13.2 Å². The Bertz CT molecular complexity index is 1900. The van der Waals surface area contributed by atoms with Crippen molar-refractivity contribution in [2.75, 3.05) is 17.7 Å². The minimum atomic E-state index is -5.08. The molecule has 16 heteroatoms. The topological polar surface area (TPSA) is 153 Å². The first kappa shape index (κ1) is 35.5. The number of pyridine rings is 1. The van der Waals surface area contributed by atoms with Crippen molar-refractivity contribution in [2.24, 2.45) is 5.92 Å². The van der Waals surface area contributed by atoms with Gasteiger partial charge in [-0.25, -0.2) is 19.0 Å². The quantitative estimate of drug-likeness (QED) is 0.196. The molecule has 3 heterocycles. The molecular weight excluding hydrogens is 662 g/mol. The third-order valence-electron chi connectivity index (χ3n) is 7.32. The molecule has 0 unspecified atom stereocenters. The van der Waals surface area contributed by atoms with Gasteiger partial charge >= 0.3 is 18.2 Å². The molecule has 3 N–H and O–H groups in total. The van der Waals surface area contributed by atoms with Crippen molar-refractivity contribution >= 4 is 40.9 Å². The van der Waals surface area contributed by atoms with Crippen LogP contribution in [0.2, 0.25) is 5.02 Å². The fourth-order valence-corrected chi connectivity index (χ4v) is 5.04. The second-order valence-electron chi connectivity index (χ2n) is 10.6. The molecule has 2 aromatic heterocycles. The summed E-state index contributed by atoms with van der Waals surface area (Å²) in [5.74, 6) is -3.78. The van der Waals surface area contributed by atoms with Crippen LogP contribution in [0, 0.1) is 11.7 Å². The molecule has 5 rings (SSSR count). The third kappa shape index (κ3) is 8.73. The molecule has 2 bridgehead atoms. The van der Waals surface area contributed by atoms with Gasteiger partial charge < -0.3 is 15.2 Å². The summed E-state index contributed by atoms with van der Waals surface area (Å²) in [6.45, 7) is 1.84. The Labute approximate surface area is 275 Å². The first-order valence-electron chi connectivity index (χ1n) is 14.3. The number of carbonyl (C=O) groups is 3. The number of hydrogen-bond acceptors (Lipinski definition) is 7. The zero-order valence-corrected chi connectivity index (χ0v) is 26.1. The number of methoxy groups -OCH3 is 1. The molecule has 1 aliphatic heterocycles. The Morgan fingerprint density at radius 1 is 1.04 bits per heavy atom. The van der Waals surface area contributed by atoms with Crippen LogP contribution in [0.15, 0.2) is 71.9 Å². The lowest BCUT2D eigenvalue weighted by Gasteiger charge is -2.23. The molecule has 2 aromatic carbocycles. The summed E-state index contributed by atoms with van der Waals surface area (Å²) in [4.78, 5) is 56.1. The van der Waals surface area contributed by atoms with E-state index in [1.807, 2.05) is 13.0 Å². The molecule has 1 aliphatic rings. The van der Waals surface area contributed by atoms with Crippen molar-refractivity contribution < 1.29 is 41.8 Å². The molecular formula is C32H28ClF4N5O6. The largest absolute Gasteiger partial charge is 0.490 e. The van der Waals surface area contributed by atoms with Crippen LogP contribution in [0.5, 0.6) is 0 Å². The summed E-state index contributed by atoms with van der Waals surface area (Å²) in [6, 6.07) is 13.7. The summed E-state index contributed by atoms with van der Waals surface area (Å²) < 4.78 is 52.4. The number of rotatable bonds is 3. The van der Waals surface area contributed by atoms with E-state index in [-0.39, 0.29) is 28.6 Å². The number of carboxylic acid groups (broad SMARTS) is 1. The number of halogens is 5. The number of nitrogens with one attached hydrogen (secondary N) is 2. The van der Waals surface area contributed by atoms with Gasteiger partial charge in [0.05, 0.1) is 36.6 Å². The van der Waals surface area contributed by atoms with E-state index in [1.165, 1.54) is 42.3 Å². The lowest BCUT2D eigenvalue weighted by atomic mass is 9.95. The predicted octanol–water partition coefficient (Wildman–Crippen LogP) is 6.92. The summed E-state index contributed by atoms with van der Waals surface area (Å²) in [5.41, 5.74) is 3.01. The molecule has 0 saturated heterocycles. The number of aromatic nitrogens is 3. The zero-order chi connectivity index (χ0) is 35.2. The van der Waals surface area contributed by atoms with Crippen LogP contribution in [-0.2, 0) is 14.3 Å². The number of benzene rings is 2. The van der Waals surface area contributed by atoms with Crippen LogP contribution in [0.4, 0.5) is 33.7 Å². The van der Waals surface area contributed by atoms with Crippen molar-refractivity contribution in [3.8, 4) is 22.4 Å². The molecule has 0 spiro atoms. The first-order valence-corrected chi connectivity index (χ1v) is 14.7. The van der Waals surface area contributed by atoms with E-state index in [9.17, 15) is 31.9 Å². The summed E-state index contributed by atoms with van der Waals surface area (Å²) >= 11 is 6.04. The highest BCUT2D eigenvalue weighted by molar-refractivity contribution is 6.30. The zero-order valence-electron chi connectivity index (χ0n) is 25.3. The van der Waals surface area contributed by atoms with E-state index in [0.29, 0.717) is 46.9 Å². The van der Waals surface area contributed by atoms with Crippen molar-refractivity contribution in [3.05, 3.63) is 94.0 Å². The van der Waals surface area contributed by atoms with E-state index in [2.05, 4.69) is 25.3 Å². The van der Waals surface area contributed by atoms with Gasteiger partial charge in [0, 0.05) is 40.0 Å². The van der Waals surface area contributed by atoms with Gasteiger partial charge in [-0.15, -0.1) is 0 Å². The molecule has 0 radical (unpaired) electrons. The maximum atomic E-state index is 14.5. The number of ether oxygens (including phenoxy) is 1. The normalized spacial score (nSPS) is 16.1. The highest BCUT2D eigenvalue weighted by atomic mass is 35.5. The highest BCUT2D eigenvalue weighted by Crippen LogP contribution is 2.34. The average Bonchev–Trinajstić information content (AvgIpc) is 3.04. The first-order chi connectivity index (χ1) is 22.7. The molecule has 0 saturated carbocycles. The van der Waals surface area contributed by atoms with Crippen molar-refractivity contribution in [1.29, 1.82) is 0 Å². The lowest BCUT2D eigenvalue weighted by Crippen LogP contribution is -2.27. The van der Waals surface area contributed by atoms with E-state index < -0.39 is 30.1 Å². The smallest absolute Gasteiger partial charge is 0.475 e. The van der Waals surface area contributed by atoms with Gasteiger partial charge in [-0.3, -0.25) is 24.5 Å². The maximum absolute atomic E-state index is 14.5. The average molecular weight is 690 g/mol. The van der Waals surface area contributed by atoms with Crippen molar-refractivity contribution in [3.63, 3.8) is 0 Å². The van der Waals surface area contributed by atoms with Crippen molar-refractivity contribution in [2.45, 2.75) is 38.4 Å². The summed E-state index contributed by atoms with van der Waals surface area (Å²) in [5, 5.41) is 13.1. The number of nitrogens with zero attached hydrogens (tertiary/aromatic N) is 3. The molecule has 252 valence electrons. The van der Waals surface area contributed by atoms with Crippen LogP contribution < -0.4 is 16.2 Å². The minimum Gasteiger partial charge on any atom is -0.475 e.